The van der Waals surface area contributed by atoms with Crippen molar-refractivity contribution in [2.45, 2.75) is 0 Å². The molecule has 234 valence electrons. The van der Waals surface area contributed by atoms with Crippen molar-refractivity contribution in [2.24, 2.45) is 0 Å². The highest BCUT2D eigenvalue weighted by atomic mass is 15.0. The lowest BCUT2D eigenvalue weighted by molar-refractivity contribution is 1.18. The van der Waals surface area contributed by atoms with Crippen LogP contribution in [0.5, 0.6) is 0 Å². The van der Waals surface area contributed by atoms with E-state index in [4.69, 9.17) is 2.74 Å². The van der Waals surface area contributed by atoms with E-state index >= 15 is 0 Å². The summed E-state index contributed by atoms with van der Waals surface area (Å²) in [5.74, 6) is 0. The van der Waals surface area contributed by atoms with Crippen LogP contribution < -0.4 is 0 Å². The van der Waals surface area contributed by atoms with Gasteiger partial charge >= 0.3 is 0 Å². The van der Waals surface area contributed by atoms with Gasteiger partial charge in [-0.15, -0.1) is 0 Å². The summed E-state index contributed by atoms with van der Waals surface area (Å²) in [6.45, 7) is 0. The van der Waals surface area contributed by atoms with Crippen LogP contribution in [0.3, 0.4) is 0 Å². The van der Waals surface area contributed by atoms with Crippen LogP contribution >= 0.6 is 0 Å². The summed E-state index contributed by atoms with van der Waals surface area (Å²) in [6, 6.07) is 57.9. The molecule has 0 saturated heterocycles. The molecule has 2 heteroatoms. The molecule has 0 radical (unpaired) electrons. The zero-order valence-electron chi connectivity index (χ0n) is 31.1. The maximum Gasteiger partial charge on any atom is 0.0652 e. The van der Waals surface area contributed by atoms with E-state index in [1.165, 1.54) is 0 Å². The van der Waals surface area contributed by atoms with Gasteiger partial charge in [-0.1, -0.05) is 140 Å². The standard InChI is InChI=1S/C48H32N2/c1-3-12-33(13-4-1)35-22-26-39(27-23-35)49-46-21-10-8-19-42(46)44-31-37(25-29-47(44)49)38-24-28-43-41-18-7-9-20-45(41)50(48(43)32-38)40-17-11-16-36(30-40)34-14-5-2-6-15-34/h1-32H/i20D,21D,29D,32D. The molecule has 0 saturated carbocycles. The molecule has 0 N–H and O–H groups in total. The summed E-state index contributed by atoms with van der Waals surface area (Å²) in [6.07, 6.45) is 0. The van der Waals surface area contributed by atoms with Crippen LogP contribution in [0.15, 0.2) is 194 Å². The average molecular weight is 641 g/mol. The molecule has 8 aromatic carbocycles. The minimum Gasteiger partial charge on any atom is -0.309 e. The number of rotatable bonds is 5. The lowest BCUT2D eigenvalue weighted by Gasteiger charge is -2.12. The number of fused-ring (bicyclic) bond motifs is 6. The predicted molar refractivity (Wildman–Crippen MR) is 211 cm³/mol. The Morgan fingerprint density at radius 2 is 0.820 bits per heavy atom. The number of aromatic nitrogens is 2. The van der Waals surface area contributed by atoms with Gasteiger partial charge in [-0.3, -0.25) is 0 Å². The third kappa shape index (κ3) is 4.57. The maximum atomic E-state index is 9.82. The van der Waals surface area contributed by atoms with Crippen molar-refractivity contribution in [3.63, 3.8) is 0 Å². The van der Waals surface area contributed by atoms with Gasteiger partial charge in [0.15, 0.2) is 0 Å². The summed E-state index contributed by atoms with van der Waals surface area (Å²) < 4.78 is 41.4. The van der Waals surface area contributed by atoms with Crippen LogP contribution in [0.25, 0.3) is 88.4 Å². The predicted octanol–water partition coefficient (Wildman–Crippen LogP) is 12.9. The zero-order chi connectivity index (χ0) is 36.5. The van der Waals surface area contributed by atoms with E-state index in [1.807, 2.05) is 89.5 Å². The molecule has 0 aliphatic rings. The van der Waals surface area contributed by atoms with E-state index in [0.717, 1.165) is 77.3 Å². The van der Waals surface area contributed by atoms with E-state index in [9.17, 15) is 2.74 Å². The Balaban J connectivity index is 1.19. The van der Waals surface area contributed by atoms with Crippen LogP contribution in [0, 0.1) is 0 Å². The zero-order valence-corrected chi connectivity index (χ0v) is 27.1. The van der Waals surface area contributed by atoms with Gasteiger partial charge in [0, 0.05) is 32.9 Å². The van der Waals surface area contributed by atoms with Crippen molar-refractivity contribution < 1.29 is 5.48 Å². The Hall–Kier alpha value is -6.64. The molecule has 10 rings (SSSR count). The fourth-order valence-corrected chi connectivity index (χ4v) is 7.37. The van der Waals surface area contributed by atoms with Gasteiger partial charge in [-0.2, -0.15) is 0 Å². The first-order valence-corrected chi connectivity index (χ1v) is 16.9. The quantitative estimate of drug-likeness (QED) is 0.177. The molecule has 0 fully saturated rings. The van der Waals surface area contributed by atoms with Crippen LogP contribution in [-0.2, 0) is 0 Å². The molecule has 0 aliphatic heterocycles. The van der Waals surface area contributed by atoms with Gasteiger partial charge in [0.05, 0.1) is 27.5 Å². The Morgan fingerprint density at radius 3 is 1.54 bits per heavy atom. The lowest BCUT2D eigenvalue weighted by Crippen LogP contribution is -1.95. The van der Waals surface area contributed by atoms with Crippen molar-refractivity contribution in [3.8, 4) is 44.8 Å². The Labute approximate surface area is 296 Å². The summed E-state index contributed by atoms with van der Waals surface area (Å²) in [7, 11) is 0. The van der Waals surface area contributed by atoms with E-state index in [-0.39, 0.29) is 0 Å². The minimum absolute atomic E-state index is 0.314. The van der Waals surface area contributed by atoms with Gasteiger partial charge in [0.25, 0.3) is 0 Å². The molecule has 10 aromatic rings. The Morgan fingerprint density at radius 1 is 0.300 bits per heavy atom. The van der Waals surface area contributed by atoms with E-state index in [1.54, 1.807) is 12.1 Å². The molecule has 0 bridgehead atoms. The Bertz CT molecular complexity index is 3070. The summed E-state index contributed by atoms with van der Waals surface area (Å²) in [4.78, 5) is 0. The average Bonchev–Trinajstić information content (AvgIpc) is 3.75. The topological polar surface area (TPSA) is 9.86 Å². The second kappa shape index (κ2) is 11.5. The molecular formula is C48H32N2. The van der Waals surface area contributed by atoms with Crippen molar-refractivity contribution in [1.82, 2.24) is 9.13 Å². The Kier molecular flexibility index (Phi) is 5.64. The molecular weight excluding hydrogens is 605 g/mol. The van der Waals surface area contributed by atoms with Crippen LogP contribution in [0.4, 0.5) is 0 Å². The number of para-hydroxylation sites is 2. The van der Waals surface area contributed by atoms with Gasteiger partial charge in [-0.05, 0) is 87.9 Å². The van der Waals surface area contributed by atoms with E-state index in [2.05, 4.69) is 77.4 Å². The molecule has 0 unspecified atom stereocenters. The normalized spacial score (nSPS) is 12.7. The number of nitrogens with zero attached hydrogens (tertiary/aromatic N) is 2. The van der Waals surface area contributed by atoms with Crippen molar-refractivity contribution in [2.75, 3.05) is 0 Å². The van der Waals surface area contributed by atoms with Crippen molar-refractivity contribution in [1.29, 1.82) is 0 Å². The molecule has 0 aliphatic carbocycles. The second-order valence-electron chi connectivity index (χ2n) is 12.6. The fourth-order valence-electron chi connectivity index (χ4n) is 7.37. The third-order valence-corrected chi connectivity index (χ3v) is 9.74. The SMILES string of the molecule is [2H]c1cccc2c3cc(-c4ccc5c6cccc([2H])c6n(-c6cccc(-c7ccccc7)c6)c5c4[2H])cc([2H])c3n(-c3ccc(-c4ccccc4)cc3)c12. The van der Waals surface area contributed by atoms with E-state index in [0.29, 0.717) is 35.2 Å². The molecule has 0 spiro atoms. The van der Waals surface area contributed by atoms with Gasteiger partial charge < -0.3 is 9.13 Å². The summed E-state index contributed by atoms with van der Waals surface area (Å²) in [5.41, 5.74) is 10.5. The maximum absolute atomic E-state index is 9.82. The third-order valence-electron chi connectivity index (χ3n) is 9.74. The van der Waals surface area contributed by atoms with Gasteiger partial charge in [0.2, 0.25) is 0 Å². The monoisotopic (exact) mass is 640 g/mol. The molecule has 2 nitrogen and oxygen atoms in total. The lowest BCUT2D eigenvalue weighted by atomic mass is 10.0. The number of hydrogen-bond acceptors (Lipinski definition) is 0. The first-order chi connectivity index (χ1) is 26.5. The minimum atomic E-state index is 0.314. The van der Waals surface area contributed by atoms with Crippen LogP contribution in [0.1, 0.15) is 5.48 Å². The largest absolute Gasteiger partial charge is 0.309 e. The molecule has 0 atom stereocenters. The molecule has 2 heterocycles. The smallest absolute Gasteiger partial charge is 0.0652 e. The van der Waals surface area contributed by atoms with Crippen LogP contribution in [0.2, 0.25) is 0 Å². The first kappa shape index (κ1) is 24.5. The van der Waals surface area contributed by atoms with Crippen molar-refractivity contribution in [3.05, 3.63) is 194 Å². The first-order valence-electron chi connectivity index (χ1n) is 18.9. The fraction of sp³-hybridized carbons (Fsp3) is 0. The second-order valence-corrected chi connectivity index (χ2v) is 12.6. The van der Waals surface area contributed by atoms with Crippen LogP contribution in [-0.4, -0.2) is 9.13 Å². The van der Waals surface area contributed by atoms with E-state index < -0.39 is 0 Å². The highest BCUT2D eigenvalue weighted by molar-refractivity contribution is 6.12. The number of hydrogen-bond donors (Lipinski definition) is 0. The molecule has 2 aromatic heterocycles. The molecule has 0 amide bonds. The highest BCUT2D eigenvalue weighted by Gasteiger charge is 2.16. The van der Waals surface area contributed by atoms with Gasteiger partial charge in [-0.25, -0.2) is 0 Å². The molecule has 50 heavy (non-hydrogen) atoms. The van der Waals surface area contributed by atoms with Gasteiger partial charge in [0.1, 0.15) is 0 Å². The summed E-state index contributed by atoms with van der Waals surface area (Å²) in [5, 5.41) is 3.57. The van der Waals surface area contributed by atoms with Crippen molar-refractivity contribution >= 4 is 43.6 Å². The highest BCUT2D eigenvalue weighted by Crippen LogP contribution is 2.39. The summed E-state index contributed by atoms with van der Waals surface area (Å²) >= 11 is 0. The number of benzene rings is 8.